The lowest BCUT2D eigenvalue weighted by atomic mass is 9.85. The zero-order valence-corrected chi connectivity index (χ0v) is 12.0. The summed E-state index contributed by atoms with van der Waals surface area (Å²) in [5.74, 6) is -0.950. The van der Waals surface area contributed by atoms with Crippen LogP contribution < -0.4 is 10.6 Å². The van der Waals surface area contributed by atoms with Crippen molar-refractivity contribution in [3.05, 3.63) is 34.9 Å². The first-order chi connectivity index (χ1) is 9.85. The van der Waals surface area contributed by atoms with E-state index in [4.69, 9.17) is 11.6 Å². The molecular weight excluding hydrogens is 305 g/mol. The monoisotopic (exact) mass is 320 g/mol. The summed E-state index contributed by atoms with van der Waals surface area (Å²) in [6.45, 7) is 0.00564. The number of hydrogen-bond donors (Lipinski definition) is 2. The average molecular weight is 321 g/mol. The Morgan fingerprint density at radius 2 is 2.00 bits per heavy atom. The molecule has 7 heteroatoms. The number of halogens is 4. The Hall–Kier alpha value is -1.27. The van der Waals surface area contributed by atoms with E-state index >= 15 is 0 Å². The molecule has 1 aromatic carbocycles. The summed E-state index contributed by atoms with van der Waals surface area (Å²) in [6, 6.07) is 6.98. The molecule has 1 heterocycles. The van der Waals surface area contributed by atoms with E-state index in [0.717, 1.165) is 5.56 Å². The van der Waals surface area contributed by atoms with Crippen molar-refractivity contribution >= 4 is 17.5 Å². The number of nitrogens with one attached hydrogen (secondary N) is 2. The van der Waals surface area contributed by atoms with Gasteiger partial charge in [-0.2, -0.15) is 13.2 Å². The highest BCUT2D eigenvalue weighted by Gasteiger charge is 2.61. The number of benzene rings is 1. The normalized spacial score (nSPS) is 22.3. The van der Waals surface area contributed by atoms with Crippen LogP contribution in [-0.4, -0.2) is 31.7 Å². The maximum absolute atomic E-state index is 13.1. The molecule has 1 aliphatic heterocycles. The summed E-state index contributed by atoms with van der Waals surface area (Å²) in [6.07, 6.45) is -4.30. The first-order valence-corrected chi connectivity index (χ1v) is 7.03. The molecule has 0 spiro atoms. The van der Waals surface area contributed by atoms with E-state index < -0.39 is 17.5 Å². The van der Waals surface area contributed by atoms with E-state index in [9.17, 15) is 18.0 Å². The van der Waals surface area contributed by atoms with Crippen molar-refractivity contribution < 1.29 is 18.0 Å². The van der Waals surface area contributed by atoms with Crippen LogP contribution in [0.2, 0.25) is 5.02 Å². The summed E-state index contributed by atoms with van der Waals surface area (Å²) in [7, 11) is 0. The van der Waals surface area contributed by atoms with E-state index in [1.165, 1.54) is 0 Å². The zero-order valence-electron chi connectivity index (χ0n) is 11.3. The van der Waals surface area contributed by atoms with Gasteiger partial charge in [-0.3, -0.25) is 4.79 Å². The van der Waals surface area contributed by atoms with Crippen molar-refractivity contribution in [2.75, 3.05) is 19.6 Å². The quantitative estimate of drug-likeness (QED) is 0.895. The van der Waals surface area contributed by atoms with Crippen LogP contribution in [0.1, 0.15) is 12.0 Å². The Balaban J connectivity index is 1.93. The van der Waals surface area contributed by atoms with Crippen molar-refractivity contribution in [2.45, 2.75) is 19.0 Å². The van der Waals surface area contributed by atoms with Crippen molar-refractivity contribution in [3.8, 4) is 0 Å². The molecule has 1 unspecified atom stereocenters. The van der Waals surface area contributed by atoms with E-state index in [0.29, 0.717) is 11.4 Å². The number of amides is 1. The minimum Gasteiger partial charge on any atom is -0.355 e. The van der Waals surface area contributed by atoms with E-state index in [1.807, 2.05) is 0 Å². The maximum atomic E-state index is 13.1. The van der Waals surface area contributed by atoms with Crippen molar-refractivity contribution in [1.82, 2.24) is 10.6 Å². The largest absolute Gasteiger partial charge is 0.404 e. The minimum atomic E-state index is -4.54. The number of alkyl halides is 3. The molecule has 1 aromatic rings. The molecule has 1 aliphatic rings. The highest BCUT2D eigenvalue weighted by molar-refractivity contribution is 6.30. The zero-order chi connectivity index (χ0) is 15.5. The fourth-order valence-electron chi connectivity index (χ4n) is 2.40. The molecule has 1 amide bonds. The predicted molar refractivity (Wildman–Crippen MR) is 74.1 cm³/mol. The molecular formula is C14H16ClF3N2O. The highest BCUT2D eigenvalue weighted by atomic mass is 35.5. The van der Waals surface area contributed by atoms with Gasteiger partial charge in [-0.1, -0.05) is 23.7 Å². The molecule has 1 saturated heterocycles. The molecule has 0 radical (unpaired) electrons. The van der Waals surface area contributed by atoms with Gasteiger partial charge >= 0.3 is 6.18 Å². The van der Waals surface area contributed by atoms with Gasteiger partial charge in [-0.15, -0.1) is 0 Å². The number of carbonyl (C=O) groups is 1. The van der Waals surface area contributed by atoms with Gasteiger partial charge in [0.05, 0.1) is 0 Å². The summed E-state index contributed by atoms with van der Waals surface area (Å²) >= 11 is 5.75. The molecule has 21 heavy (non-hydrogen) atoms. The second kappa shape index (κ2) is 6.23. The fourth-order valence-corrected chi connectivity index (χ4v) is 2.52. The van der Waals surface area contributed by atoms with Crippen LogP contribution in [0.5, 0.6) is 0 Å². The fraction of sp³-hybridized carbons (Fsp3) is 0.500. The van der Waals surface area contributed by atoms with Crippen LogP contribution in [-0.2, 0) is 11.2 Å². The molecule has 2 N–H and O–H groups in total. The SMILES string of the molecule is O=C(NCCc1ccc(Cl)cc1)C1(C(F)(F)F)CCNC1. The van der Waals surface area contributed by atoms with Gasteiger partial charge in [-0.05, 0) is 37.1 Å². The van der Waals surface area contributed by atoms with E-state index in [1.54, 1.807) is 24.3 Å². The molecule has 0 aliphatic carbocycles. The smallest absolute Gasteiger partial charge is 0.355 e. The first-order valence-electron chi connectivity index (χ1n) is 6.65. The van der Waals surface area contributed by atoms with Gasteiger partial charge in [0, 0.05) is 18.1 Å². The molecule has 116 valence electrons. The first kappa shape index (κ1) is 16.1. The van der Waals surface area contributed by atoms with E-state index in [-0.39, 0.29) is 26.1 Å². The van der Waals surface area contributed by atoms with Gasteiger partial charge < -0.3 is 10.6 Å². The number of rotatable bonds is 4. The summed E-state index contributed by atoms with van der Waals surface area (Å²) < 4.78 is 39.4. The lowest BCUT2D eigenvalue weighted by molar-refractivity contribution is -0.215. The molecule has 3 nitrogen and oxygen atoms in total. The van der Waals surface area contributed by atoms with Gasteiger partial charge in [-0.25, -0.2) is 0 Å². The second-order valence-corrected chi connectivity index (χ2v) is 5.58. The Morgan fingerprint density at radius 1 is 1.33 bits per heavy atom. The van der Waals surface area contributed by atoms with Crippen LogP contribution >= 0.6 is 11.6 Å². The van der Waals surface area contributed by atoms with Crippen LogP contribution in [0.3, 0.4) is 0 Å². The average Bonchev–Trinajstić information content (AvgIpc) is 2.91. The summed E-state index contributed by atoms with van der Waals surface area (Å²) in [5, 5.41) is 5.62. The van der Waals surface area contributed by atoms with Gasteiger partial charge in [0.25, 0.3) is 0 Å². The lowest BCUT2D eigenvalue weighted by Gasteiger charge is -2.29. The van der Waals surface area contributed by atoms with Crippen LogP contribution in [0.15, 0.2) is 24.3 Å². The van der Waals surface area contributed by atoms with Crippen LogP contribution in [0.25, 0.3) is 0 Å². The second-order valence-electron chi connectivity index (χ2n) is 5.14. The van der Waals surface area contributed by atoms with Crippen LogP contribution in [0, 0.1) is 5.41 Å². The third-order valence-corrected chi connectivity index (χ3v) is 4.00. The van der Waals surface area contributed by atoms with Crippen molar-refractivity contribution in [2.24, 2.45) is 5.41 Å². The Bertz CT molecular complexity index is 496. The topological polar surface area (TPSA) is 41.1 Å². The molecule has 0 aromatic heterocycles. The molecule has 0 bridgehead atoms. The Morgan fingerprint density at radius 3 is 2.52 bits per heavy atom. The van der Waals surface area contributed by atoms with Crippen LogP contribution in [0.4, 0.5) is 13.2 Å². The molecule has 1 fully saturated rings. The third-order valence-electron chi connectivity index (χ3n) is 3.75. The van der Waals surface area contributed by atoms with Crippen molar-refractivity contribution in [3.63, 3.8) is 0 Å². The Labute approximate surface area is 125 Å². The number of hydrogen-bond acceptors (Lipinski definition) is 2. The standard InChI is InChI=1S/C14H16ClF3N2O/c15-11-3-1-10(2-4-11)5-7-20-12(21)13(14(16,17)18)6-8-19-9-13/h1-4,19H,5-9H2,(H,20,21). The van der Waals surface area contributed by atoms with Gasteiger partial charge in [0.15, 0.2) is 5.41 Å². The lowest BCUT2D eigenvalue weighted by Crippen LogP contribution is -2.52. The third kappa shape index (κ3) is 3.49. The van der Waals surface area contributed by atoms with Gasteiger partial charge in [0.2, 0.25) is 5.91 Å². The number of carbonyl (C=O) groups excluding carboxylic acids is 1. The summed E-state index contributed by atoms with van der Waals surface area (Å²) in [4.78, 5) is 12.0. The highest BCUT2D eigenvalue weighted by Crippen LogP contribution is 2.43. The molecule has 2 rings (SSSR count). The Kier molecular flexibility index (Phi) is 4.78. The predicted octanol–water partition coefficient (Wildman–Crippen LogP) is 2.54. The summed E-state index contributed by atoms with van der Waals surface area (Å²) in [5.41, 5.74) is -1.39. The maximum Gasteiger partial charge on any atom is 0.404 e. The van der Waals surface area contributed by atoms with E-state index in [2.05, 4.69) is 10.6 Å². The van der Waals surface area contributed by atoms with Crippen molar-refractivity contribution in [1.29, 1.82) is 0 Å². The minimum absolute atomic E-state index is 0.165. The molecule has 0 saturated carbocycles. The molecule has 1 atom stereocenters. The van der Waals surface area contributed by atoms with Gasteiger partial charge in [0.1, 0.15) is 0 Å².